The molecule has 104 valence electrons. The van der Waals surface area contributed by atoms with E-state index in [9.17, 15) is 9.18 Å². The minimum absolute atomic E-state index is 0.0902. The van der Waals surface area contributed by atoms with E-state index in [1.165, 1.54) is 18.2 Å². The highest BCUT2D eigenvalue weighted by Gasteiger charge is 2.08. The van der Waals surface area contributed by atoms with Crippen LogP contribution in [-0.2, 0) is 6.42 Å². The second-order valence-electron chi connectivity index (χ2n) is 4.21. The van der Waals surface area contributed by atoms with Gasteiger partial charge >= 0.3 is 5.97 Å². The van der Waals surface area contributed by atoms with E-state index in [4.69, 9.17) is 10.8 Å². The van der Waals surface area contributed by atoms with Crippen molar-refractivity contribution in [3.63, 3.8) is 0 Å². The first-order chi connectivity index (χ1) is 9.58. The van der Waals surface area contributed by atoms with Gasteiger partial charge in [-0.05, 0) is 30.2 Å². The number of nitrogen functional groups attached to an aromatic ring is 1. The summed E-state index contributed by atoms with van der Waals surface area (Å²) in [5, 5.41) is 11.8. The van der Waals surface area contributed by atoms with Crippen LogP contribution in [0.1, 0.15) is 16.1 Å². The van der Waals surface area contributed by atoms with E-state index in [-0.39, 0.29) is 11.5 Å². The Kier molecular flexibility index (Phi) is 4.14. The van der Waals surface area contributed by atoms with Crippen LogP contribution < -0.4 is 11.1 Å². The number of halogens is 1. The van der Waals surface area contributed by atoms with Gasteiger partial charge in [-0.1, -0.05) is 18.2 Å². The summed E-state index contributed by atoms with van der Waals surface area (Å²) in [6.45, 7) is 0.404. The number of hydrogen-bond donors (Lipinski definition) is 3. The summed E-state index contributed by atoms with van der Waals surface area (Å²) in [5.74, 6) is -1.10. The minimum Gasteiger partial charge on any atom is -0.477 e. The number of aromatic carboxylic acids is 1. The summed E-state index contributed by atoms with van der Waals surface area (Å²) in [6.07, 6.45) is 0.449. The molecule has 0 amide bonds. The SMILES string of the molecule is Nc1ccc(C(=O)O)nc1NCCc1ccccc1F. The molecule has 2 aromatic rings. The van der Waals surface area contributed by atoms with Gasteiger partial charge in [-0.3, -0.25) is 0 Å². The van der Waals surface area contributed by atoms with E-state index in [1.54, 1.807) is 18.2 Å². The van der Waals surface area contributed by atoms with E-state index in [0.717, 1.165) is 0 Å². The van der Waals surface area contributed by atoms with Gasteiger partial charge in [0.05, 0.1) is 5.69 Å². The number of carboxylic acids is 1. The lowest BCUT2D eigenvalue weighted by Gasteiger charge is -2.09. The number of benzene rings is 1. The summed E-state index contributed by atoms with van der Waals surface area (Å²) < 4.78 is 13.4. The third-order valence-corrected chi connectivity index (χ3v) is 2.79. The second-order valence-corrected chi connectivity index (χ2v) is 4.21. The molecule has 5 nitrogen and oxygen atoms in total. The van der Waals surface area contributed by atoms with Gasteiger partial charge in [-0.15, -0.1) is 0 Å². The van der Waals surface area contributed by atoms with Crippen molar-refractivity contribution < 1.29 is 14.3 Å². The van der Waals surface area contributed by atoms with Crippen molar-refractivity contribution in [3.05, 3.63) is 53.5 Å². The quantitative estimate of drug-likeness (QED) is 0.778. The second kappa shape index (κ2) is 6.01. The Morgan fingerprint density at radius 2 is 2.05 bits per heavy atom. The Morgan fingerprint density at radius 1 is 1.30 bits per heavy atom. The number of nitrogens with zero attached hydrogens (tertiary/aromatic N) is 1. The average molecular weight is 275 g/mol. The summed E-state index contributed by atoms with van der Waals surface area (Å²) in [5.41, 5.74) is 6.54. The molecule has 0 fully saturated rings. The topological polar surface area (TPSA) is 88.2 Å². The zero-order chi connectivity index (χ0) is 14.5. The molecule has 1 aromatic carbocycles. The molecule has 1 aromatic heterocycles. The van der Waals surface area contributed by atoms with Crippen molar-refractivity contribution in [1.82, 2.24) is 4.98 Å². The molecule has 0 bridgehead atoms. The Morgan fingerprint density at radius 3 is 2.75 bits per heavy atom. The summed E-state index contributed by atoms with van der Waals surface area (Å²) in [4.78, 5) is 14.7. The van der Waals surface area contributed by atoms with Crippen LogP contribution in [0.3, 0.4) is 0 Å². The maximum Gasteiger partial charge on any atom is 0.354 e. The molecular formula is C14H14FN3O2. The van der Waals surface area contributed by atoms with Gasteiger partial charge in [0.1, 0.15) is 11.6 Å². The van der Waals surface area contributed by atoms with Gasteiger partial charge in [-0.25, -0.2) is 14.2 Å². The molecule has 0 aliphatic carbocycles. The standard InChI is InChI=1S/C14H14FN3O2/c15-10-4-2-1-3-9(10)7-8-17-13-11(16)5-6-12(18-13)14(19)20/h1-6H,7-8,16H2,(H,17,18)(H,19,20). The molecule has 0 aliphatic heterocycles. The fourth-order valence-electron chi connectivity index (χ4n) is 1.75. The first-order valence-electron chi connectivity index (χ1n) is 6.05. The monoisotopic (exact) mass is 275 g/mol. The molecule has 0 radical (unpaired) electrons. The highest BCUT2D eigenvalue weighted by atomic mass is 19.1. The zero-order valence-corrected chi connectivity index (χ0v) is 10.6. The van der Waals surface area contributed by atoms with Gasteiger partial charge < -0.3 is 16.2 Å². The predicted octanol–water partition coefficient (Wildman–Crippen LogP) is 2.16. The van der Waals surface area contributed by atoms with E-state index < -0.39 is 5.97 Å². The van der Waals surface area contributed by atoms with Crippen LogP contribution in [0.5, 0.6) is 0 Å². The molecule has 2 rings (SSSR count). The summed E-state index contributed by atoms with van der Waals surface area (Å²) in [6, 6.07) is 9.29. The van der Waals surface area contributed by atoms with Gasteiger partial charge in [-0.2, -0.15) is 0 Å². The lowest BCUT2D eigenvalue weighted by Crippen LogP contribution is -2.11. The minimum atomic E-state index is -1.12. The fourth-order valence-corrected chi connectivity index (χ4v) is 1.75. The molecule has 0 saturated heterocycles. The van der Waals surface area contributed by atoms with Gasteiger partial charge in [0.2, 0.25) is 0 Å². The highest BCUT2D eigenvalue weighted by molar-refractivity contribution is 5.86. The number of pyridine rings is 1. The van der Waals surface area contributed by atoms with Crippen LogP contribution in [0.15, 0.2) is 36.4 Å². The van der Waals surface area contributed by atoms with Crippen molar-refractivity contribution in [1.29, 1.82) is 0 Å². The molecule has 1 heterocycles. The van der Waals surface area contributed by atoms with Crippen LogP contribution in [0.25, 0.3) is 0 Å². The molecule has 6 heteroatoms. The highest BCUT2D eigenvalue weighted by Crippen LogP contribution is 2.16. The Labute approximate surface area is 115 Å². The Balaban J connectivity index is 2.02. The molecule has 0 saturated carbocycles. The third kappa shape index (κ3) is 3.23. The van der Waals surface area contributed by atoms with Crippen molar-refractivity contribution in [3.8, 4) is 0 Å². The number of rotatable bonds is 5. The zero-order valence-electron chi connectivity index (χ0n) is 10.6. The molecule has 0 aliphatic rings. The lowest BCUT2D eigenvalue weighted by atomic mass is 10.1. The molecular weight excluding hydrogens is 261 g/mol. The summed E-state index contributed by atoms with van der Waals surface area (Å²) >= 11 is 0. The number of carbonyl (C=O) groups is 1. The van der Waals surface area contributed by atoms with E-state index in [2.05, 4.69) is 10.3 Å². The first-order valence-corrected chi connectivity index (χ1v) is 6.05. The molecule has 0 spiro atoms. The number of hydrogen-bond acceptors (Lipinski definition) is 4. The maximum atomic E-state index is 13.4. The van der Waals surface area contributed by atoms with Crippen molar-refractivity contribution >= 4 is 17.5 Å². The van der Waals surface area contributed by atoms with Crippen LogP contribution in [0.2, 0.25) is 0 Å². The molecule has 20 heavy (non-hydrogen) atoms. The Bertz CT molecular complexity index is 632. The number of aromatic nitrogens is 1. The lowest BCUT2D eigenvalue weighted by molar-refractivity contribution is 0.0690. The normalized spacial score (nSPS) is 10.2. The molecule has 0 unspecified atom stereocenters. The first kappa shape index (κ1) is 13.8. The largest absolute Gasteiger partial charge is 0.477 e. The maximum absolute atomic E-state index is 13.4. The summed E-state index contributed by atoms with van der Waals surface area (Å²) in [7, 11) is 0. The van der Waals surface area contributed by atoms with E-state index >= 15 is 0 Å². The van der Waals surface area contributed by atoms with Crippen molar-refractivity contribution in [2.24, 2.45) is 0 Å². The van der Waals surface area contributed by atoms with Crippen molar-refractivity contribution in [2.45, 2.75) is 6.42 Å². The average Bonchev–Trinajstić information content (AvgIpc) is 2.42. The number of nitrogens with one attached hydrogen (secondary N) is 1. The Hall–Kier alpha value is -2.63. The van der Waals surface area contributed by atoms with E-state index in [1.807, 2.05) is 0 Å². The van der Waals surface area contributed by atoms with Gasteiger partial charge in [0.15, 0.2) is 5.69 Å². The van der Waals surface area contributed by atoms with E-state index in [0.29, 0.717) is 30.0 Å². The van der Waals surface area contributed by atoms with Crippen LogP contribution in [0.4, 0.5) is 15.9 Å². The van der Waals surface area contributed by atoms with Crippen LogP contribution >= 0.6 is 0 Å². The number of nitrogens with two attached hydrogens (primary N) is 1. The fraction of sp³-hybridized carbons (Fsp3) is 0.143. The van der Waals surface area contributed by atoms with Crippen molar-refractivity contribution in [2.75, 3.05) is 17.6 Å². The molecule has 4 N–H and O–H groups in total. The van der Waals surface area contributed by atoms with Crippen LogP contribution in [0, 0.1) is 5.82 Å². The number of anilines is 2. The van der Waals surface area contributed by atoms with Gasteiger partial charge in [0, 0.05) is 6.54 Å². The molecule has 0 atom stereocenters. The third-order valence-electron chi connectivity index (χ3n) is 2.79. The predicted molar refractivity (Wildman–Crippen MR) is 74.2 cm³/mol. The number of carboxylic acid groups (broad SMARTS) is 1. The smallest absolute Gasteiger partial charge is 0.354 e. The van der Waals surface area contributed by atoms with Gasteiger partial charge in [0.25, 0.3) is 0 Å². The van der Waals surface area contributed by atoms with Crippen LogP contribution in [-0.4, -0.2) is 22.6 Å².